The lowest BCUT2D eigenvalue weighted by Crippen LogP contribution is -2.19. The number of benzene rings is 1. The Morgan fingerprint density at radius 2 is 2.05 bits per heavy atom. The second kappa shape index (κ2) is 5.00. The van der Waals surface area contributed by atoms with Gasteiger partial charge in [-0.25, -0.2) is 0 Å². The van der Waals surface area contributed by atoms with Crippen LogP contribution in [0.1, 0.15) is 51.5 Å². The highest BCUT2D eigenvalue weighted by Crippen LogP contribution is 2.59. The molecule has 0 heteroatoms. The molecule has 3 rings (SSSR count). The number of hydrogen-bond acceptors (Lipinski definition) is 0. The molecule has 0 aromatic heterocycles. The zero-order valence-electron chi connectivity index (χ0n) is 12.2. The molecular weight excluding hydrogens is 228 g/mol. The summed E-state index contributed by atoms with van der Waals surface area (Å²) in [6, 6.07) is 11.0. The molecule has 19 heavy (non-hydrogen) atoms. The Balaban J connectivity index is 2.01. The largest absolute Gasteiger partial charge is 0.0807 e. The molecule has 0 bridgehead atoms. The van der Waals surface area contributed by atoms with E-state index in [2.05, 4.69) is 56.3 Å². The first-order valence-corrected chi connectivity index (χ1v) is 7.73. The van der Waals surface area contributed by atoms with E-state index in [9.17, 15) is 0 Å². The van der Waals surface area contributed by atoms with E-state index in [4.69, 9.17) is 0 Å². The van der Waals surface area contributed by atoms with Crippen molar-refractivity contribution in [1.29, 1.82) is 0 Å². The third kappa shape index (κ3) is 2.08. The van der Waals surface area contributed by atoms with Crippen molar-refractivity contribution in [2.75, 3.05) is 0 Å². The summed E-state index contributed by atoms with van der Waals surface area (Å²) in [5.74, 6) is 0.748. The van der Waals surface area contributed by atoms with Crippen LogP contribution in [0, 0.1) is 11.3 Å². The minimum Gasteiger partial charge on any atom is -0.0807 e. The fraction of sp³-hybridized carbons (Fsp3) is 0.474. The number of fused-ring (bicyclic) bond motifs is 1. The van der Waals surface area contributed by atoms with E-state index in [0.29, 0.717) is 5.41 Å². The van der Waals surface area contributed by atoms with Crippen LogP contribution in [0.15, 0.2) is 48.1 Å². The molecule has 0 nitrogen and oxygen atoms in total. The van der Waals surface area contributed by atoms with Gasteiger partial charge >= 0.3 is 0 Å². The fourth-order valence-electron chi connectivity index (χ4n) is 3.95. The summed E-state index contributed by atoms with van der Waals surface area (Å²) >= 11 is 0. The maximum Gasteiger partial charge on any atom is -0.000948 e. The molecule has 0 unspecified atom stereocenters. The van der Waals surface area contributed by atoms with Crippen molar-refractivity contribution in [3.05, 3.63) is 53.6 Å². The first kappa shape index (κ1) is 12.7. The second-order valence-corrected chi connectivity index (χ2v) is 6.28. The highest BCUT2D eigenvalue weighted by molar-refractivity contribution is 5.76. The van der Waals surface area contributed by atoms with Crippen LogP contribution in [-0.2, 0) is 0 Å². The first-order valence-electron chi connectivity index (χ1n) is 7.73. The van der Waals surface area contributed by atoms with Crippen molar-refractivity contribution in [1.82, 2.24) is 0 Å². The number of unbranched alkanes of at least 4 members (excludes halogenated alkanes) is 1. The minimum absolute atomic E-state index is 0.417. The maximum atomic E-state index is 2.49. The summed E-state index contributed by atoms with van der Waals surface area (Å²) in [7, 11) is 0. The second-order valence-electron chi connectivity index (χ2n) is 6.28. The molecule has 0 aliphatic heterocycles. The Morgan fingerprint density at radius 3 is 2.79 bits per heavy atom. The molecule has 100 valence electrons. The molecule has 2 aliphatic rings. The van der Waals surface area contributed by atoms with Crippen molar-refractivity contribution in [3.63, 3.8) is 0 Å². The van der Waals surface area contributed by atoms with Gasteiger partial charge in [-0.05, 0) is 47.3 Å². The summed E-state index contributed by atoms with van der Waals surface area (Å²) in [5, 5.41) is 0. The van der Waals surface area contributed by atoms with Crippen molar-refractivity contribution in [3.8, 4) is 0 Å². The lowest BCUT2D eigenvalue weighted by molar-refractivity contribution is 0.370. The van der Waals surface area contributed by atoms with Gasteiger partial charge in [0.25, 0.3) is 0 Å². The van der Waals surface area contributed by atoms with Gasteiger partial charge in [-0.2, -0.15) is 0 Å². The van der Waals surface area contributed by atoms with Crippen LogP contribution in [0.25, 0.3) is 5.57 Å². The predicted molar refractivity (Wildman–Crippen MR) is 82.9 cm³/mol. The Bertz CT molecular complexity index is 506. The fourth-order valence-corrected chi connectivity index (χ4v) is 3.95. The maximum absolute atomic E-state index is 2.49. The first-order chi connectivity index (χ1) is 9.25. The van der Waals surface area contributed by atoms with E-state index in [1.807, 2.05) is 0 Å². The summed E-state index contributed by atoms with van der Waals surface area (Å²) in [5.41, 5.74) is 5.04. The SMILES string of the molecule is CCC/C=C1\C=C(c2ccccc2)[C@@H]2CCC[C@]12C. The highest BCUT2D eigenvalue weighted by Gasteiger charge is 2.46. The van der Waals surface area contributed by atoms with Crippen LogP contribution in [0.4, 0.5) is 0 Å². The molecule has 1 fully saturated rings. The Hall–Kier alpha value is -1.30. The van der Waals surface area contributed by atoms with Crippen LogP contribution < -0.4 is 0 Å². The molecule has 0 amide bonds. The monoisotopic (exact) mass is 252 g/mol. The predicted octanol–water partition coefficient (Wildman–Crippen LogP) is 5.62. The van der Waals surface area contributed by atoms with E-state index >= 15 is 0 Å². The van der Waals surface area contributed by atoms with E-state index < -0.39 is 0 Å². The zero-order chi connectivity index (χ0) is 13.3. The van der Waals surface area contributed by atoms with Crippen LogP contribution in [0.5, 0.6) is 0 Å². The molecular formula is C19H24. The van der Waals surface area contributed by atoms with Gasteiger partial charge in [0.15, 0.2) is 0 Å². The van der Waals surface area contributed by atoms with Gasteiger partial charge in [0, 0.05) is 0 Å². The van der Waals surface area contributed by atoms with Crippen LogP contribution >= 0.6 is 0 Å². The van der Waals surface area contributed by atoms with Crippen LogP contribution in [0.2, 0.25) is 0 Å². The molecule has 1 aromatic carbocycles. The third-order valence-electron chi connectivity index (χ3n) is 5.06. The van der Waals surface area contributed by atoms with Gasteiger partial charge in [-0.3, -0.25) is 0 Å². The van der Waals surface area contributed by atoms with Gasteiger partial charge in [0.05, 0.1) is 0 Å². The zero-order valence-corrected chi connectivity index (χ0v) is 12.2. The molecule has 0 radical (unpaired) electrons. The summed E-state index contributed by atoms with van der Waals surface area (Å²) < 4.78 is 0. The quantitative estimate of drug-likeness (QED) is 0.655. The van der Waals surface area contributed by atoms with Gasteiger partial charge < -0.3 is 0 Å². The molecule has 0 N–H and O–H groups in total. The molecule has 1 saturated carbocycles. The minimum atomic E-state index is 0.417. The van der Waals surface area contributed by atoms with Gasteiger partial charge in [0.2, 0.25) is 0 Å². The lowest BCUT2D eigenvalue weighted by Gasteiger charge is -2.28. The topological polar surface area (TPSA) is 0 Å². The number of hydrogen-bond donors (Lipinski definition) is 0. The van der Waals surface area contributed by atoms with Crippen molar-refractivity contribution in [2.24, 2.45) is 11.3 Å². The van der Waals surface area contributed by atoms with Crippen molar-refractivity contribution >= 4 is 5.57 Å². The average Bonchev–Trinajstić information content (AvgIpc) is 2.93. The molecule has 0 heterocycles. The summed E-state index contributed by atoms with van der Waals surface area (Å²) in [6.45, 7) is 4.75. The van der Waals surface area contributed by atoms with E-state index in [-0.39, 0.29) is 0 Å². The molecule has 1 aromatic rings. The van der Waals surface area contributed by atoms with Crippen LogP contribution in [-0.4, -0.2) is 0 Å². The van der Waals surface area contributed by atoms with E-state index in [1.165, 1.54) is 37.7 Å². The Labute approximate surface area is 117 Å². The van der Waals surface area contributed by atoms with Gasteiger partial charge in [0.1, 0.15) is 0 Å². The normalized spacial score (nSPS) is 31.6. The van der Waals surface area contributed by atoms with Crippen molar-refractivity contribution < 1.29 is 0 Å². The molecule has 2 aliphatic carbocycles. The average molecular weight is 252 g/mol. The standard InChI is InChI=1S/C19H24/c1-3-4-11-16-14-17(15-9-6-5-7-10-15)18-12-8-13-19(16,18)2/h5-7,9-11,14,18H,3-4,8,12-13H2,1-2H3/b16-11+/t18-,19+/m0/s1. The lowest BCUT2D eigenvalue weighted by atomic mass is 9.75. The molecule has 0 saturated heterocycles. The smallest absolute Gasteiger partial charge is 0.000948 e. The Morgan fingerprint density at radius 1 is 1.26 bits per heavy atom. The molecule has 0 spiro atoms. The Kier molecular flexibility index (Phi) is 3.35. The number of allylic oxidation sites excluding steroid dienone is 4. The van der Waals surface area contributed by atoms with Gasteiger partial charge in [-0.15, -0.1) is 0 Å². The summed E-state index contributed by atoms with van der Waals surface area (Å²) in [6.07, 6.45) is 11.6. The van der Waals surface area contributed by atoms with E-state index in [1.54, 1.807) is 11.1 Å². The molecule has 2 atom stereocenters. The third-order valence-corrected chi connectivity index (χ3v) is 5.06. The van der Waals surface area contributed by atoms with Crippen molar-refractivity contribution in [2.45, 2.75) is 46.0 Å². The summed E-state index contributed by atoms with van der Waals surface area (Å²) in [4.78, 5) is 0. The highest BCUT2D eigenvalue weighted by atomic mass is 14.5. The van der Waals surface area contributed by atoms with Gasteiger partial charge in [-0.1, -0.05) is 69.2 Å². The number of rotatable bonds is 3. The van der Waals surface area contributed by atoms with Crippen LogP contribution in [0.3, 0.4) is 0 Å². The van der Waals surface area contributed by atoms with E-state index in [0.717, 1.165) is 5.92 Å².